The van der Waals surface area contributed by atoms with E-state index in [1.165, 1.54) is 72.7 Å². The normalized spacial score (nSPS) is 19.1. The summed E-state index contributed by atoms with van der Waals surface area (Å²) in [5.41, 5.74) is 19.6. The van der Waals surface area contributed by atoms with Gasteiger partial charge in [0.05, 0.1) is 20.9 Å². The van der Waals surface area contributed by atoms with Crippen LogP contribution in [0.2, 0.25) is 0 Å². The van der Waals surface area contributed by atoms with E-state index >= 15 is 0 Å². The molecule has 0 atom stereocenters. The Hall–Kier alpha value is -5.99. The molecule has 10 aliphatic heterocycles. The van der Waals surface area contributed by atoms with Crippen molar-refractivity contribution in [3.8, 4) is 23.0 Å². The van der Waals surface area contributed by atoms with Crippen LogP contribution >= 0.6 is 10.7 Å². The van der Waals surface area contributed by atoms with Gasteiger partial charge in [-0.1, -0.05) is 24.3 Å². The number of aryl methyl sites for hydroxylation is 6. The molecule has 10 aliphatic rings. The van der Waals surface area contributed by atoms with Crippen molar-refractivity contribution in [3.63, 3.8) is 0 Å². The van der Waals surface area contributed by atoms with Crippen LogP contribution in [0.5, 0.6) is 23.0 Å². The third kappa shape index (κ3) is 7.71. The zero-order valence-corrected chi connectivity index (χ0v) is 47.0. The SMILES string of the molecule is Cc1ccc(C2=c3cc4c5c(c3Oc3c2cc2c6c3CCCN6CCC2)CCC[N+]=5CCC4)c(S(=O)(=O)Cl)c1.Cc1ccc(C2=c3cc4c5c(c3Oc3c2cc2c6c3CCCN6CCC2)CCC[N+]=5CCC4)c(S(=O)(=O)[O-])c1. The molecule has 0 unspecified atom stereocenters. The van der Waals surface area contributed by atoms with Crippen LogP contribution in [-0.2, 0) is 70.5 Å². The lowest BCUT2D eigenvalue weighted by atomic mass is 9.82. The van der Waals surface area contributed by atoms with E-state index in [4.69, 9.17) is 20.2 Å². The van der Waals surface area contributed by atoms with E-state index in [1.54, 1.807) is 6.07 Å². The summed E-state index contributed by atoms with van der Waals surface area (Å²) in [6.07, 6.45) is 16.7. The smallest absolute Gasteiger partial charge is 0.261 e. The summed E-state index contributed by atoms with van der Waals surface area (Å²) in [5.74, 6) is 3.57. The number of ether oxygens (including phenoxy) is 2. The molecule has 0 aromatic heterocycles. The van der Waals surface area contributed by atoms with Crippen molar-refractivity contribution in [2.24, 2.45) is 0 Å². The molecule has 6 aromatic carbocycles. The number of rotatable bonds is 4. The molecule has 400 valence electrons. The van der Waals surface area contributed by atoms with Gasteiger partial charge < -0.3 is 23.8 Å². The molecule has 14 heteroatoms. The molecule has 0 fully saturated rings. The number of hydrogen-bond acceptors (Lipinski definition) is 9. The second-order valence-electron chi connectivity index (χ2n) is 23.6. The highest BCUT2D eigenvalue weighted by Gasteiger charge is 2.39. The summed E-state index contributed by atoms with van der Waals surface area (Å²) in [6.45, 7) is 12.4. The Balaban J connectivity index is 0.000000136. The fourth-order valence-corrected chi connectivity index (χ4v) is 17.6. The molecular formula is C64H64ClN4O7S2+. The minimum Gasteiger partial charge on any atom is -0.744 e. The maximum Gasteiger partial charge on any atom is 0.261 e. The number of nitrogens with zero attached hydrogens (tertiary/aromatic N) is 4. The number of fused-ring (bicyclic) bond motifs is 8. The van der Waals surface area contributed by atoms with Gasteiger partial charge in [-0.15, -0.1) is 0 Å². The minimum atomic E-state index is -4.70. The second-order valence-corrected chi connectivity index (χ2v) is 27.5. The Kier molecular flexibility index (Phi) is 11.5. The zero-order chi connectivity index (χ0) is 52.9. The van der Waals surface area contributed by atoms with Crippen LogP contribution in [0.25, 0.3) is 11.1 Å². The molecule has 0 aliphatic carbocycles. The largest absolute Gasteiger partial charge is 0.744 e. The minimum absolute atomic E-state index is 0.141. The van der Waals surface area contributed by atoms with Gasteiger partial charge in [0.1, 0.15) is 59.3 Å². The third-order valence-corrected chi connectivity index (χ3v) is 21.0. The fourth-order valence-electron chi connectivity index (χ4n) is 15.7. The van der Waals surface area contributed by atoms with Crippen LogP contribution in [0.15, 0.2) is 70.5 Å². The number of hydrogen-bond donors (Lipinski definition) is 0. The average molecular weight is 1100 g/mol. The molecule has 0 saturated carbocycles. The number of halogens is 1. The summed E-state index contributed by atoms with van der Waals surface area (Å²) < 4.78 is 83.1. The summed E-state index contributed by atoms with van der Waals surface area (Å²) >= 11 is 0. The van der Waals surface area contributed by atoms with Crippen molar-refractivity contribution in [1.82, 2.24) is 9.15 Å². The summed E-state index contributed by atoms with van der Waals surface area (Å²) in [5, 5.41) is 4.63. The summed E-state index contributed by atoms with van der Waals surface area (Å²) in [6, 6.07) is 20.0. The molecule has 0 radical (unpaired) electrons. The Morgan fingerprint density at radius 3 is 1.31 bits per heavy atom. The Morgan fingerprint density at radius 2 is 0.859 bits per heavy atom. The van der Waals surface area contributed by atoms with Gasteiger partial charge in [-0.3, -0.25) is 0 Å². The first-order chi connectivity index (χ1) is 37.8. The van der Waals surface area contributed by atoms with E-state index in [0.717, 1.165) is 222 Å². The molecule has 16 rings (SSSR count). The van der Waals surface area contributed by atoms with Crippen molar-refractivity contribution in [1.29, 1.82) is 0 Å². The van der Waals surface area contributed by atoms with Crippen molar-refractivity contribution >= 4 is 52.4 Å². The summed E-state index contributed by atoms with van der Waals surface area (Å²) in [4.78, 5) is 5.08. The highest BCUT2D eigenvalue weighted by atomic mass is 35.7. The van der Waals surface area contributed by atoms with Gasteiger partial charge in [0, 0.05) is 140 Å². The van der Waals surface area contributed by atoms with Gasteiger partial charge in [-0.25, -0.2) is 26.0 Å². The van der Waals surface area contributed by atoms with Crippen molar-refractivity contribution in [2.75, 3.05) is 62.2 Å². The first kappa shape index (κ1) is 49.1. The number of anilines is 2. The van der Waals surface area contributed by atoms with Crippen molar-refractivity contribution < 1.29 is 30.9 Å². The third-order valence-electron chi connectivity index (χ3n) is 18.7. The molecule has 0 spiro atoms. The van der Waals surface area contributed by atoms with E-state index in [0.29, 0.717) is 11.1 Å². The van der Waals surface area contributed by atoms with Gasteiger partial charge in [-0.2, -0.15) is 0 Å². The van der Waals surface area contributed by atoms with Crippen LogP contribution < -0.4 is 49.6 Å². The highest BCUT2D eigenvalue weighted by molar-refractivity contribution is 8.13. The second kappa shape index (κ2) is 18.3. The lowest BCUT2D eigenvalue weighted by Crippen LogP contribution is -2.45. The Morgan fingerprint density at radius 1 is 0.462 bits per heavy atom. The predicted molar refractivity (Wildman–Crippen MR) is 304 cm³/mol. The predicted octanol–water partition coefficient (Wildman–Crippen LogP) is 7.69. The maximum absolute atomic E-state index is 13.0. The van der Waals surface area contributed by atoms with Gasteiger partial charge in [-0.05, 0) is 150 Å². The molecule has 0 bridgehead atoms. The summed E-state index contributed by atoms with van der Waals surface area (Å²) in [7, 11) is -2.55. The zero-order valence-electron chi connectivity index (χ0n) is 44.6. The van der Waals surface area contributed by atoms with Crippen LogP contribution in [0.4, 0.5) is 11.4 Å². The van der Waals surface area contributed by atoms with Crippen LogP contribution in [-0.4, -0.2) is 73.7 Å². The van der Waals surface area contributed by atoms with Crippen molar-refractivity contribution in [2.45, 2.75) is 126 Å². The Labute approximate surface area is 461 Å². The highest BCUT2D eigenvalue weighted by Crippen LogP contribution is 2.51. The van der Waals surface area contributed by atoms with Gasteiger partial charge in [0.2, 0.25) is 10.7 Å². The number of benzene rings is 6. The average Bonchev–Trinajstić information content (AvgIpc) is 3.61. The van der Waals surface area contributed by atoms with Crippen molar-refractivity contribution in [3.05, 3.63) is 160 Å². The van der Waals surface area contributed by atoms with Crippen LogP contribution in [0.1, 0.15) is 129 Å². The molecule has 78 heavy (non-hydrogen) atoms. The van der Waals surface area contributed by atoms with E-state index in [9.17, 15) is 21.4 Å². The maximum atomic E-state index is 13.0. The van der Waals surface area contributed by atoms with E-state index in [-0.39, 0.29) is 9.79 Å². The van der Waals surface area contributed by atoms with Gasteiger partial charge >= 0.3 is 0 Å². The van der Waals surface area contributed by atoms with Gasteiger partial charge in [0.15, 0.2) is 0 Å². The van der Waals surface area contributed by atoms with Crippen LogP contribution in [0.3, 0.4) is 0 Å². The van der Waals surface area contributed by atoms with E-state index in [1.807, 2.05) is 38.1 Å². The standard InChI is InChI=1S/C32H32ClN2O3S.C32H32N2O4S/c1-19-10-11-22(27(16-19)39(33,36)37)28-25-17-20-6-2-12-34-14-4-8-23(29(20)34)31(25)38-32-24-9-5-15-35-13-3-7-21(30(24)35)18-26(28)32;1-19-10-11-22(27(16-19)39(35,36)37)28-25-17-20-6-2-12-33-14-4-8-23(29(20)33)31(25)38-32-24-9-5-15-34-13-3-7-21(30(24)34)18-26(28)32/h2*10-11,16-18H,2-9,12-15H2,1H3/q+1;. The molecule has 0 saturated heterocycles. The van der Waals surface area contributed by atoms with E-state index in [2.05, 4.69) is 43.2 Å². The monoisotopic (exact) mass is 1100 g/mol. The fraction of sp³-hybridized carbons (Fsp3) is 0.406. The van der Waals surface area contributed by atoms with Crippen LogP contribution in [0, 0.1) is 13.8 Å². The molecule has 10 heterocycles. The lowest BCUT2D eigenvalue weighted by molar-refractivity contribution is 0.431. The lowest BCUT2D eigenvalue weighted by Gasteiger charge is -2.39. The molecule has 6 aromatic rings. The topological polar surface area (TPSA) is 122 Å². The van der Waals surface area contributed by atoms with E-state index < -0.39 is 19.2 Å². The molecule has 11 nitrogen and oxygen atoms in total. The van der Waals surface area contributed by atoms with Gasteiger partial charge in [0.25, 0.3) is 9.05 Å². The quantitative estimate of drug-likeness (QED) is 0.0993. The Bertz CT molecular complexity index is 3940. The molecular weight excluding hydrogens is 1040 g/mol. The molecule has 0 N–H and O–H groups in total. The first-order valence-electron chi connectivity index (χ1n) is 28.8. The molecule has 0 amide bonds. The first-order valence-corrected chi connectivity index (χ1v) is 32.5.